The van der Waals surface area contributed by atoms with E-state index in [0.717, 1.165) is 11.9 Å². The van der Waals surface area contributed by atoms with Crippen LogP contribution in [-0.4, -0.2) is 58.7 Å². The molecule has 0 aliphatic carbocycles. The maximum absolute atomic E-state index is 13.2. The maximum atomic E-state index is 13.2. The number of aliphatic hydroxyl groups excluding tert-OH is 2. The number of hydrogen-bond donors (Lipinski definition) is 2. The number of aromatic nitrogens is 2. The Kier molecular flexibility index (Phi) is 3.96. The van der Waals surface area contributed by atoms with Gasteiger partial charge in [-0.25, -0.2) is 9.37 Å². The number of nitrogens with zero attached hydrogens (tertiary/aromatic N) is 3. The average Bonchev–Trinajstić information content (AvgIpc) is 2.53. The summed E-state index contributed by atoms with van der Waals surface area (Å²) in [5.74, 6) is -0.435. The Balaban J connectivity index is 1.99. The van der Waals surface area contributed by atoms with Crippen LogP contribution in [0.3, 0.4) is 0 Å². The monoisotopic (exact) mass is 293 g/mol. The largest absolute Gasteiger partial charge is 0.394 e. The lowest BCUT2D eigenvalue weighted by Crippen LogP contribution is -2.50. The highest BCUT2D eigenvalue weighted by molar-refractivity contribution is 5.87. The van der Waals surface area contributed by atoms with Crippen molar-refractivity contribution in [3.63, 3.8) is 0 Å². The van der Waals surface area contributed by atoms with Crippen LogP contribution in [0.25, 0.3) is 11.0 Å². The zero-order chi connectivity index (χ0) is 14.8. The lowest BCUT2D eigenvalue weighted by Gasteiger charge is -2.38. The zero-order valence-electron chi connectivity index (χ0n) is 11.3. The molecule has 2 atom stereocenters. The van der Waals surface area contributed by atoms with E-state index in [0.29, 0.717) is 24.1 Å². The van der Waals surface area contributed by atoms with Gasteiger partial charge in [0.2, 0.25) is 0 Å². The van der Waals surface area contributed by atoms with Gasteiger partial charge >= 0.3 is 0 Å². The summed E-state index contributed by atoms with van der Waals surface area (Å²) in [5, 5.41) is 18.6. The topological polar surface area (TPSA) is 78.7 Å². The summed E-state index contributed by atoms with van der Waals surface area (Å²) in [4.78, 5) is 10.2. The van der Waals surface area contributed by atoms with Crippen LogP contribution in [0.4, 0.5) is 10.1 Å². The highest BCUT2D eigenvalue weighted by atomic mass is 19.1. The molecule has 1 aliphatic heterocycles. The van der Waals surface area contributed by atoms with Crippen molar-refractivity contribution in [3.05, 3.63) is 30.3 Å². The molecule has 1 fully saturated rings. The van der Waals surface area contributed by atoms with E-state index in [1.54, 1.807) is 12.3 Å². The number of morpholine rings is 1. The quantitative estimate of drug-likeness (QED) is 0.849. The van der Waals surface area contributed by atoms with Crippen molar-refractivity contribution in [1.29, 1.82) is 0 Å². The van der Waals surface area contributed by atoms with Crippen molar-refractivity contribution < 1.29 is 19.3 Å². The van der Waals surface area contributed by atoms with Gasteiger partial charge in [-0.15, -0.1) is 0 Å². The summed E-state index contributed by atoms with van der Waals surface area (Å²) in [6, 6.07) is 3.13. The van der Waals surface area contributed by atoms with E-state index in [-0.39, 0.29) is 25.4 Å². The van der Waals surface area contributed by atoms with Crippen molar-refractivity contribution in [1.82, 2.24) is 9.97 Å². The van der Waals surface area contributed by atoms with E-state index in [1.807, 2.05) is 4.90 Å². The first-order valence-corrected chi connectivity index (χ1v) is 6.73. The number of hydrogen-bond acceptors (Lipinski definition) is 6. The number of fused-ring (bicyclic) bond motifs is 1. The molecule has 1 aliphatic rings. The molecule has 2 aromatic rings. The second-order valence-electron chi connectivity index (χ2n) is 5.00. The smallest absolute Gasteiger partial charge is 0.143 e. The predicted octanol–water partition coefficient (Wildman–Crippen LogP) is 0.327. The molecule has 1 saturated heterocycles. The number of pyridine rings is 2. The normalized spacial score (nSPS) is 22.7. The van der Waals surface area contributed by atoms with Gasteiger partial charge in [0.05, 0.1) is 42.8 Å². The minimum Gasteiger partial charge on any atom is -0.394 e. The third-order valence-electron chi connectivity index (χ3n) is 3.50. The molecule has 2 N–H and O–H groups in total. The molecule has 112 valence electrons. The van der Waals surface area contributed by atoms with E-state index in [4.69, 9.17) is 4.74 Å². The first-order chi connectivity index (χ1) is 10.2. The first kappa shape index (κ1) is 14.1. The molecule has 2 aromatic heterocycles. The number of halogens is 1. The van der Waals surface area contributed by atoms with Gasteiger partial charge in [0.1, 0.15) is 11.3 Å². The maximum Gasteiger partial charge on any atom is 0.143 e. The van der Waals surface area contributed by atoms with Crippen LogP contribution in [0.2, 0.25) is 0 Å². The molecular formula is C14H16FN3O3. The molecule has 0 spiro atoms. The number of ether oxygens (including phenoxy) is 1. The van der Waals surface area contributed by atoms with Gasteiger partial charge in [-0.05, 0) is 6.07 Å². The van der Waals surface area contributed by atoms with Gasteiger partial charge in [-0.2, -0.15) is 0 Å². The molecule has 21 heavy (non-hydrogen) atoms. The Morgan fingerprint density at radius 2 is 1.95 bits per heavy atom. The van der Waals surface area contributed by atoms with E-state index in [9.17, 15) is 14.6 Å². The Bertz CT molecular complexity index is 628. The van der Waals surface area contributed by atoms with Gasteiger partial charge in [-0.3, -0.25) is 4.98 Å². The molecule has 0 saturated carbocycles. The average molecular weight is 293 g/mol. The molecule has 0 unspecified atom stereocenters. The van der Waals surface area contributed by atoms with Crippen LogP contribution >= 0.6 is 0 Å². The van der Waals surface area contributed by atoms with Crippen LogP contribution in [0.15, 0.2) is 24.5 Å². The molecule has 6 nitrogen and oxygen atoms in total. The van der Waals surface area contributed by atoms with Crippen molar-refractivity contribution in [2.75, 3.05) is 31.2 Å². The van der Waals surface area contributed by atoms with Crippen LogP contribution < -0.4 is 4.90 Å². The second kappa shape index (κ2) is 5.88. The van der Waals surface area contributed by atoms with Crippen LogP contribution in [0.1, 0.15) is 0 Å². The fourth-order valence-corrected chi connectivity index (χ4v) is 2.57. The molecule has 7 heteroatoms. The molecule has 3 rings (SSSR count). The summed E-state index contributed by atoms with van der Waals surface area (Å²) in [7, 11) is 0. The highest BCUT2D eigenvalue weighted by Gasteiger charge is 2.28. The van der Waals surface area contributed by atoms with Gasteiger partial charge < -0.3 is 19.8 Å². The molecule has 0 aromatic carbocycles. The molecular weight excluding hydrogens is 277 g/mol. The number of aliphatic hydroxyl groups is 2. The van der Waals surface area contributed by atoms with Crippen molar-refractivity contribution in [2.24, 2.45) is 0 Å². The minimum atomic E-state index is -0.435. The number of anilines is 1. The summed E-state index contributed by atoms with van der Waals surface area (Å²) >= 11 is 0. The third kappa shape index (κ3) is 2.80. The van der Waals surface area contributed by atoms with Crippen LogP contribution in [0, 0.1) is 5.82 Å². The summed E-state index contributed by atoms with van der Waals surface area (Å²) in [6.07, 6.45) is 2.00. The van der Waals surface area contributed by atoms with Gasteiger partial charge in [0, 0.05) is 25.4 Å². The van der Waals surface area contributed by atoms with Gasteiger partial charge in [0.15, 0.2) is 0 Å². The van der Waals surface area contributed by atoms with Crippen molar-refractivity contribution in [3.8, 4) is 0 Å². The lowest BCUT2D eigenvalue weighted by atomic mass is 10.1. The third-order valence-corrected chi connectivity index (χ3v) is 3.50. The summed E-state index contributed by atoms with van der Waals surface area (Å²) < 4.78 is 18.8. The molecule has 0 bridgehead atoms. The molecule has 0 amide bonds. The van der Waals surface area contributed by atoms with Crippen molar-refractivity contribution >= 4 is 16.7 Å². The standard InChI is InChI=1S/C14H16FN3O3/c15-9-3-12-14(17-4-9)13(1-2-16-12)18-5-10(7-19)21-11(6-18)8-20/h1-4,10-11,19-20H,5-8H2/t10-,11-/m1/s1. The first-order valence-electron chi connectivity index (χ1n) is 6.73. The van der Waals surface area contributed by atoms with Crippen LogP contribution in [-0.2, 0) is 4.74 Å². The van der Waals surface area contributed by atoms with E-state index < -0.39 is 5.82 Å². The molecule has 3 heterocycles. The van der Waals surface area contributed by atoms with Crippen LogP contribution in [0.5, 0.6) is 0 Å². The highest BCUT2D eigenvalue weighted by Crippen LogP contribution is 2.26. The van der Waals surface area contributed by atoms with Gasteiger partial charge in [-0.1, -0.05) is 0 Å². The Morgan fingerprint density at radius 3 is 2.62 bits per heavy atom. The predicted molar refractivity (Wildman–Crippen MR) is 74.5 cm³/mol. The fraction of sp³-hybridized carbons (Fsp3) is 0.429. The van der Waals surface area contributed by atoms with E-state index >= 15 is 0 Å². The Hall–Kier alpha value is -1.83. The summed E-state index contributed by atoms with van der Waals surface area (Å²) in [6.45, 7) is 0.701. The Morgan fingerprint density at radius 1 is 1.24 bits per heavy atom. The van der Waals surface area contributed by atoms with E-state index in [1.165, 1.54) is 6.07 Å². The lowest BCUT2D eigenvalue weighted by molar-refractivity contribution is -0.0699. The number of rotatable bonds is 3. The SMILES string of the molecule is OC[C@H]1CN(c2ccnc3cc(F)cnc23)C[C@H](CO)O1. The van der Waals surface area contributed by atoms with Gasteiger partial charge in [0.25, 0.3) is 0 Å². The van der Waals surface area contributed by atoms with E-state index in [2.05, 4.69) is 9.97 Å². The molecule has 0 radical (unpaired) electrons. The van der Waals surface area contributed by atoms with Crippen molar-refractivity contribution in [2.45, 2.75) is 12.2 Å². The summed E-state index contributed by atoms with van der Waals surface area (Å²) in [5.41, 5.74) is 1.86. The Labute approximate surface area is 120 Å². The zero-order valence-corrected chi connectivity index (χ0v) is 11.3. The second-order valence-corrected chi connectivity index (χ2v) is 5.00. The minimum absolute atomic E-state index is 0.127. The fourth-order valence-electron chi connectivity index (χ4n) is 2.57.